The standard InChI is InChI=1S/C28H50N4O4/c1-25(2)15-19(16-26(3,4)31-25)35-13-9-11-29-21-23(33)22(24(21)34)30-12-10-14-36-20-17-27(5,6)32-28(7,8)18-20/h19-20,29,31-33H,9-18H2,1-8H3. The smallest absolute Gasteiger partial charge is 0.234 e. The van der Waals surface area contributed by atoms with Gasteiger partial charge in [-0.2, -0.15) is 0 Å². The molecule has 3 rings (SSSR count). The van der Waals surface area contributed by atoms with Gasteiger partial charge in [-0.3, -0.25) is 9.79 Å². The van der Waals surface area contributed by atoms with Gasteiger partial charge < -0.3 is 30.5 Å². The molecule has 0 aliphatic carbocycles. The number of aromatic hydroxyl groups is 1. The molecule has 1 aromatic rings. The summed E-state index contributed by atoms with van der Waals surface area (Å²) in [5.74, 6) is -0.0226. The number of ether oxygens (including phenoxy) is 2. The molecule has 2 saturated heterocycles. The molecular formula is C28H50N4O4. The lowest BCUT2D eigenvalue weighted by molar-refractivity contribution is -0.0221. The zero-order valence-electron chi connectivity index (χ0n) is 23.8. The maximum absolute atomic E-state index is 12.4. The van der Waals surface area contributed by atoms with E-state index in [1.54, 1.807) is 0 Å². The van der Waals surface area contributed by atoms with Crippen molar-refractivity contribution in [2.75, 3.05) is 31.6 Å². The van der Waals surface area contributed by atoms with E-state index in [4.69, 9.17) is 9.47 Å². The lowest BCUT2D eigenvalue weighted by Crippen LogP contribution is -2.59. The fraction of sp³-hybridized carbons (Fsp3) is 0.857. The fourth-order valence-corrected chi connectivity index (χ4v) is 6.43. The van der Waals surface area contributed by atoms with Crippen LogP contribution in [0.4, 0.5) is 5.69 Å². The highest BCUT2D eigenvalue weighted by Crippen LogP contribution is 2.31. The Kier molecular flexibility index (Phi) is 8.96. The second kappa shape index (κ2) is 11.1. The highest BCUT2D eigenvalue weighted by Gasteiger charge is 2.39. The van der Waals surface area contributed by atoms with Gasteiger partial charge in [-0.1, -0.05) is 0 Å². The van der Waals surface area contributed by atoms with Crippen molar-refractivity contribution in [2.24, 2.45) is 4.99 Å². The zero-order chi connectivity index (χ0) is 26.8. The number of piperidine rings is 2. The van der Waals surface area contributed by atoms with Crippen LogP contribution < -0.4 is 26.7 Å². The molecule has 1 aromatic carbocycles. The summed E-state index contributed by atoms with van der Waals surface area (Å²) in [6.07, 6.45) is 5.84. The van der Waals surface area contributed by atoms with Gasteiger partial charge in [0.1, 0.15) is 5.69 Å². The summed E-state index contributed by atoms with van der Waals surface area (Å²) < 4.78 is 12.2. The Morgan fingerprint density at radius 2 is 1.28 bits per heavy atom. The molecule has 0 aromatic heterocycles. The summed E-state index contributed by atoms with van der Waals surface area (Å²) in [4.78, 5) is 16.7. The maximum Gasteiger partial charge on any atom is 0.234 e. The second-order valence-electron chi connectivity index (χ2n) is 13.5. The zero-order valence-corrected chi connectivity index (χ0v) is 23.8. The molecule has 2 aliphatic rings. The molecule has 0 amide bonds. The molecule has 2 heterocycles. The van der Waals surface area contributed by atoms with Gasteiger partial charge >= 0.3 is 0 Å². The lowest BCUT2D eigenvalue weighted by atomic mass is 9.81. The summed E-state index contributed by atoms with van der Waals surface area (Å²) >= 11 is 0. The summed E-state index contributed by atoms with van der Waals surface area (Å²) in [5.41, 5.74) is 0.286. The van der Waals surface area contributed by atoms with Crippen LogP contribution in [0.3, 0.4) is 0 Å². The molecule has 0 spiro atoms. The van der Waals surface area contributed by atoms with Crippen molar-refractivity contribution in [2.45, 2.75) is 128 Å². The maximum atomic E-state index is 12.4. The first-order valence-electron chi connectivity index (χ1n) is 13.7. The number of rotatable bonds is 11. The Bertz CT molecular complexity index is 927. The van der Waals surface area contributed by atoms with Crippen molar-refractivity contribution in [3.05, 3.63) is 15.6 Å². The lowest BCUT2D eigenvalue weighted by Gasteiger charge is -2.46. The van der Waals surface area contributed by atoms with Crippen LogP contribution in [0.2, 0.25) is 0 Å². The number of nitrogens with one attached hydrogen (secondary N) is 3. The van der Waals surface area contributed by atoms with E-state index in [1.165, 1.54) is 0 Å². The van der Waals surface area contributed by atoms with Gasteiger partial charge in [0.05, 0.1) is 12.2 Å². The number of hydrogen-bond donors (Lipinski definition) is 4. The van der Waals surface area contributed by atoms with Crippen molar-refractivity contribution >= 4 is 5.69 Å². The van der Waals surface area contributed by atoms with E-state index in [-0.39, 0.29) is 56.6 Å². The molecule has 0 unspecified atom stereocenters. The molecular weight excluding hydrogens is 456 g/mol. The molecule has 2 fully saturated rings. The Hall–Kier alpha value is -1.48. The van der Waals surface area contributed by atoms with Gasteiger partial charge in [0.25, 0.3) is 0 Å². The number of hydrogen-bond acceptors (Lipinski definition) is 8. The number of anilines is 1. The molecule has 0 atom stereocenters. The third-order valence-corrected chi connectivity index (χ3v) is 7.11. The van der Waals surface area contributed by atoms with Crippen LogP contribution in [0.1, 0.15) is 93.9 Å². The van der Waals surface area contributed by atoms with Crippen molar-refractivity contribution in [1.82, 2.24) is 10.6 Å². The number of nitrogens with zero attached hydrogens (tertiary/aromatic N) is 1. The predicted octanol–water partition coefficient (Wildman–Crippen LogP) is 3.37. The van der Waals surface area contributed by atoms with Crippen molar-refractivity contribution in [3.63, 3.8) is 0 Å². The van der Waals surface area contributed by atoms with E-state index in [1.807, 2.05) is 0 Å². The normalized spacial score (nSPS) is 24.3. The summed E-state index contributed by atoms with van der Waals surface area (Å²) in [6.45, 7) is 20.0. The van der Waals surface area contributed by atoms with Gasteiger partial charge in [0.15, 0.2) is 11.1 Å². The highest BCUT2D eigenvalue weighted by atomic mass is 16.5. The van der Waals surface area contributed by atoms with Gasteiger partial charge in [-0.05, 0) is 93.9 Å². The van der Waals surface area contributed by atoms with Crippen LogP contribution in [0.25, 0.3) is 0 Å². The van der Waals surface area contributed by atoms with E-state index >= 15 is 0 Å². The van der Waals surface area contributed by atoms with Crippen LogP contribution in [0.5, 0.6) is 5.75 Å². The molecule has 8 heteroatoms. The molecule has 4 N–H and O–H groups in total. The molecule has 0 radical (unpaired) electrons. The summed E-state index contributed by atoms with van der Waals surface area (Å²) in [6, 6.07) is 0. The molecule has 36 heavy (non-hydrogen) atoms. The Morgan fingerprint density at radius 1 is 0.833 bits per heavy atom. The third-order valence-electron chi connectivity index (χ3n) is 7.11. The SMILES string of the molecule is CC1(C)CC(OCCCN=c2c(O)c(NCCCOC3CC(C)(C)NC(C)(C)C3)c2=O)CC(C)(C)N1. The van der Waals surface area contributed by atoms with Gasteiger partial charge in [-0.25, -0.2) is 0 Å². The minimum absolute atomic E-state index is 0.0226. The van der Waals surface area contributed by atoms with Crippen molar-refractivity contribution in [3.8, 4) is 5.75 Å². The first-order valence-corrected chi connectivity index (χ1v) is 13.7. The quantitative estimate of drug-likeness (QED) is 0.341. The molecule has 0 bridgehead atoms. The second-order valence-corrected chi connectivity index (χ2v) is 13.5. The van der Waals surface area contributed by atoms with Crippen molar-refractivity contribution < 1.29 is 14.6 Å². The van der Waals surface area contributed by atoms with Crippen LogP contribution in [-0.2, 0) is 9.47 Å². The van der Waals surface area contributed by atoms with Crippen LogP contribution >= 0.6 is 0 Å². The van der Waals surface area contributed by atoms with Gasteiger partial charge in [0.2, 0.25) is 5.43 Å². The molecule has 8 nitrogen and oxygen atoms in total. The fourth-order valence-electron chi connectivity index (χ4n) is 6.43. The average Bonchev–Trinajstić information content (AvgIpc) is 2.68. The Morgan fingerprint density at radius 3 is 1.72 bits per heavy atom. The predicted molar refractivity (Wildman–Crippen MR) is 145 cm³/mol. The first kappa shape index (κ1) is 29.1. The summed E-state index contributed by atoms with van der Waals surface area (Å²) in [7, 11) is 0. The third kappa shape index (κ3) is 8.27. The minimum Gasteiger partial charge on any atom is -0.504 e. The van der Waals surface area contributed by atoms with E-state index in [0.717, 1.165) is 38.5 Å². The van der Waals surface area contributed by atoms with E-state index in [2.05, 4.69) is 76.3 Å². The minimum atomic E-state index is -0.210. The highest BCUT2D eigenvalue weighted by molar-refractivity contribution is 5.60. The monoisotopic (exact) mass is 506 g/mol. The van der Waals surface area contributed by atoms with E-state index < -0.39 is 0 Å². The van der Waals surface area contributed by atoms with Crippen LogP contribution in [0, 0.1) is 0 Å². The van der Waals surface area contributed by atoms with Gasteiger partial charge in [0, 0.05) is 48.5 Å². The van der Waals surface area contributed by atoms with Gasteiger partial charge in [-0.15, -0.1) is 0 Å². The van der Waals surface area contributed by atoms with Crippen LogP contribution in [-0.4, -0.2) is 65.8 Å². The topological polar surface area (TPSA) is 104 Å². The largest absolute Gasteiger partial charge is 0.504 e. The van der Waals surface area contributed by atoms with Crippen molar-refractivity contribution in [1.29, 1.82) is 0 Å². The molecule has 0 saturated carbocycles. The molecule has 206 valence electrons. The van der Waals surface area contributed by atoms with E-state index in [0.29, 0.717) is 26.3 Å². The molecule has 2 aliphatic heterocycles. The van der Waals surface area contributed by atoms with Crippen LogP contribution in [0.15, 0.2) is 9.79 Å². The Balaban J connectivity index is 1.34. The summed E-state index contributed by atoms with van der Waals surface area (Å²) in [5, 5.41) is 20.8. The van der Waals surface area contributed by atoms with E-state index in [9.17, 15) is 9.90 Å². The Labute approximate surface area is 217 Å². The first-order chi connectivity index (χ1) is 16.6. The average molecular weight is 507 g/mol.